The minimum absolute atomic E-state index is 0.134. The van der Waals surface area contributed by atoms with Crippen molar-refractivity contribution in [2.45, 2.75) is 13.0 Å². The molecule has 0 amide bonds. The van der Waals surface area contributed by atoms with Crippen LogP contribution in [-0.2, 0) is 0 Å². The molecule has 3 heteroatoms. The van der Waals surface area contributed by atoms with Gasteiger partial charge in [-0.05, 0) is 24.6 Å². The van der Waals surface area contributed by atoms with E-state index < -0.39 is 0 Å². The van der Waals surface area contributed by atoms with Gasteiger partial charge in [0.05, 0.1) is 0 Å². The molecule has 2 nitrogen and oxygen atoms in total. The molecule has 1 aromatic carbocycles. The van der Waals surface area contributed by atoms with Gasteiger partial charge >= 0.3 is 0 Å². The lowest BCUT2D eigenvalue weighted by Gasteiger charge is -2.25. The van der Waals surface area contributed by atoms with Gasteiger partial charge in [0.2, 0.25) is 0 Å². The number of fused-ring (bicyclic) bond motifs is 1. The van der Waals surface area contributed by atoms with E-state index in [9.17, 15) is 0 Å². The van der Waals surface area contributed by atoms with Crippen molar-refractivity contribution in [3.05, 3.63) is 23.8 Å². The molecule has 0 saturated heterocycles. The number of ether oxygens (including phenoxy) is 2. The van der Waals surface area contributed by atoms with E-state index in [-0.39, 0.29) is 6.10 Å². The molecule has 1 aromatic rings. The summed E-state index contributed by atoms with van der Waals surface area (Å²) in [4.78, 5) is 0. The number of benzene rings is 1. The second-order valence-corrected chi connectivity index (χ2v) is 3.80. The van der Waals surface area contributed by atoms with Crippen LogP contribution < -0.4 is 9.47 Å². The molecule has 1 aliphatic rings. The van der Waals surface area contributed by atoms with Gasteiger partial charge in [0.25, 0.3) is 0 Å². The number of hydrogen-bond donors (Lipinski definition) is 0. The summed E-state index contributed by atoms with van der Waals surface area (Å²) in [6, 6.07) is 5.98. The molecule has 1 aliphatic heterocycles. The molecule has 0 fully saturated rings. The lowest BCUT2D eigenvalue weighted by atomic mass is 10.2. The first-order chi connectivity index (χ1) is 6.29. The second-order valence-electron chi connectivity index (χ2n) is 3.16. The van der Waals surface area contributed by atoms with Crippen molar-refractivity contribution in [2.24, 2.45) is 0 Å². The Labute approximate surface area is 86.0 Å². The van der Waals surface area contributed by atoms with Gasteiger partial charge in [-0.1, -0.05) is 22.0 Å². The van der Waals surface area contributed by atoms with Gasteiger partial charge < -0.3 is 9.47 Å². The molecular formula is C10H11BrO2. The van der Waals surface area contributed by atoms with Crippen LogP contribution in [0.4, 0.5) is 0 Å². The van der Waals surface area contributed by atoms with E-state index in [2.05, 4.69) is 15.9 Å². The van der Waals surface area contributed by atoms with Crippen molar-refractivity contribution in [2.75, 3.05) is 11.9 Å². The molecule has 70 valence electrons. The van der Waals surface area contributed by atoms with Crippen LogP contribution in [0.3, 0.4) is 0 Å². The van der Waals surface area contributed by atoms with E-state index in [1.165, 1.54) is 5.56 Å². The lowest BCUT2D eigenvalue weighted by Crippen LogP contribution is -2.30. The Morgan fingerprint density at radius 2 is 2.31 bits per heavy atom. The minimum Gasteiger partial charge on any atom is -0.486 e. The molecule has 1 atom stereocenters. The number of halogens is 1. The fourth-order valence-electron chi connectivity index (χ4n) is 1.30. The van der Waals surface area contributed by atoms with E-state index >= 15 is 0 Å². The molecule has 0 saturated carbocycles. The van der Waals surface area contributed by atoms with Gasteiger partial charge in [-0.15, -0.1) is 0 Å². The van der Waals surface area contributed by atoms with Gasteiger partial charge in [0.15, 0.2) is 11.5 Å². The molecule has 0 N–H and O–H groups in total. The molecule has 0 radical (unpaired) electrons. The Balaban J connectivity index is 2.26. The first-order valence-corrected chi connectivity index (χ1v) is 5.38. The predicted octanol–water partition coefficient (Wildman–Crippen LogP) is 2.53. The summed E-state index contributed by atoms with van der Waals surface area (Å²) in [6.07, 6.45) is 0.134. The van der Waals surface area contributed by atoms with E-state index in [1.807, 2.05) is 25.1 Å². The highest BCUT2D eigenvalue weighted by atomic mass is 79.9. The predicted molar refractivity (Wildman–Crippen MR) is 54.9 cm³/mol. The van der Waals surface area contributed by atoms with Crippen LogP contribution in [0, 0.1) is 6.92 Å². The second kappa shape index (κ2) is 3.58. The monoisotopic (exact) mass is 242 g/mol. The summed E-state index contributed by atoms with van der Waals surface area (Å²) in [5, 5.41) is 0.806. The van der Waals surface area contributed by atoms with E-state index in [0.717, 1.165) is 16.8 Å². The third-order valence-corrected chi connectivity index (χ3v) is 2.71. The standard InChI is InChI=1S/C10H11BrO2/c1-7-2-3-9-10(4-7)12-6-8(5-11)13-9/h2-4,8H,5-6H2,1H3/t8-/m0/s1. The quantitative estimate of drug-likeness (QED) is 0.705. The maximum atomic E-state index is 5.66. The fraction of sp³-hybridized carbons (Fsp3) is 0.400. The summed E-state index contributed by atoms with van der Waals surface area (Å²) in [5.41, 5.74) is 1.19. The summed E-state index contributed by atoms with van der Waals surface area (Å²) in [7, 11) is 0. The smallest absolute Gasteiger partial charge is 0.161 e. The van der Waals surface area contributed by atoms with Gasteiger partial charge in [-0.25, -0.2) is 0 Å². The molecule has 0 bridgehead atoms. The van der Waals surface area contributed by atoms with Gasteiger partial charge in [0, 0.05) is 5.33 Å². The van der Waals surface area contributed by atoms with Crippen molar-refractivity contribution in [3.63, 3.8) is 0 Å². The van der Waals surface area contributed by atoms with Crippen LogP contribution in [0.15, 0.2) is 18.2 Å². The van der Waals surface area contributed by atoms with Crippen LogP contribution in [0.25, 0.3) is 0 Å². The third kappa shape index (κ3) is 1.80. The Bertz CT molecular complexity index is 312. The molecule has 13 heavy (non-hydrogen) atoms. The summed E-state index contributed by atoms with van der Waals surface area (Å²) in [5.74, 6) is 1.71. The molecular weight excluding hydrogens is 232 g/mol. The van der Waals surface area contributed by atoms with Crippen molar-refractivity contribution >= 4 is 15.9 Å². The first kappa shape index (κ1) is 8.88. The number of hydrogen-bond acceptors (Lipinski definition) is 2. The first-order valence-electron chi connectivity index (χ1n) is 4.25. The van der Waals surface area contributed by atoms with Crippen molar-refractivity contribution in [1.29, 1.82) is 0 Å². The van der Waals surface area contributed by atoms with Crippen LogP contribution in [0.5, 0.6) is 11.5 Å². The van der Waals surface area contributed by atoms with Gasteiger partial charge in [-0.3, -0.25) is 0 Å². The SMILES string of the molecule is Cc1ccc2c(c1)OC[C@H](CBr)O2. The summed E-state index contributed by atoms with van der Waals surface area (Å²) < 4.78 is 11.2. The Morgan fingerprint density at radius 3 is 3.08 bits per heavy atom. The number of rotatable bonds is 1. The Kier molecular flexibility index (Phi) is 2.44. The summed E-state index contributed by atoms with van der Waals surface area (Å²) >= 11 is 3.37. The zero-order valence-electron chi connectivity index (χ0n) is 7.42. The zero-order chi connectivity index (χ0) is 9.26. The maximum Gasteiger partial charge on any atom is 0.161 e. The fourth-order valence-corrected chi connectivity index (χ4v) is 1.62. The molecule has 0 aliphatic carbocycles. The van der Waals surface area contributed by atoms with Gasteiger partial charge in [0.1, 0.15) is 12.7 Å². The normalized spacial score (nSPS) is 20.0. The van der Waals surface area contributed by atoms with Crippen LogP contribution in [0.1, 0.15) is 5.56 Å². The highest BCUT2D eigenvalue weighted by Gasteiger charge is 2.19. The highest BCUT2D eigenvalue weighted by Crippen LogP contribution is 2.32. The molecule has 1 heterocycles. The Hall–Kier alpha value is -0.700. The molecule has 0 spiro atoms. The highest BCUT2D eigenvalue weighted by molar-refractivity contribution is 9.09. The van der Waals surface area contributed by atoms with Crippen molar-refractivity contribution in [1.82, 2.24) is 0 Å². The van der Waals surface area contributed by atoms with Gasteiger partial charge in [-0.2, -0.15) is 0 Å². The van der Waals surface area contributed by atoms with E-state index in [1.54, 1.807) is 0 Å². The Morgan fingerprint density at radius 1 is 1.46 bits per heavy atom. The molecule has 0 aromatic heterocycles. The lowest BCUT2D eigenvalue weighted by molar-refractivity contribution is 0.108. The topological polar surface area (TPSA) is 18.5 Å². The zero-order valence-corrected chi connectivity index (χ0v) is 9.00. The van der Waals surface area contributed by atoms with E-state index in [4.69, 9.17) is 9.47 Å². The van der Waals surface area contributed by atoms with Crippen LogP contribution in [-0.4, -0.2) is 18.0 Å². The average Bonchev–Trinajstić information content (AvgIpc) is 2.17. The largest absolute Gasteiger partial charge is 0.486 e. The van der Waals surface area contributed by atoms with E-state index in [0.29, 0.717) is 6.61 Å². The molecule has 0 unspecified atom stereocenters. The molecule has 2 rings (SSSR count). The van der Waals surface area contributed by atoms with Crippen LogP contribution in [0.2, 0.25) is 0 Å². The summed E-state index contributed by atoms with van der Waals surface area (Å²) in [6.45, 7) is 2.67. The maximum absolute atomic E-state index is 5.66. The van der Waals surface area contributed by atoms with Crippen molar-refractivity contribution < 1.29 is 9.47 Å². The number of aryl methyl sites for hydroxylation is 1. The average molecular weight is 243 g/mol. The van der Waals surface area contributed by atoms with Crippen molar-refractivity contribution in [3.8, 4) is 11.5 Å². The minimum atomic E-state index is 0.134. The van der Waals surface area contributed by atoms with Crippen LogP contribution >= 0.6 is 15.9 Å². The third-order valence-electron chi connectivity index (χ3n) is 1.99. The number of alkyl halides is 1.